The van der Waals surface area contributed by atoms with E-state index in [1.54, 1.807) is 48.8 Å². The minimum Gasteiger partial charge on any atom is -0.507 e. The number of hydrogen-bond acceptors (Lipinski definition) is 6. The first-order valence-electron chi connectivity index (χ1n) is 7.46. The number of aliphatic imine (C=N–C) groups is 2. The Balaban J connectivity index is 0.000000443. The second-order valence-electron chi connectivity index (χ2n) is 4.64. The van der Waals surface area contributed by atoms with Crippen LogP contribution < -0.4 is 0 Å². The molecule has 0 atom stereocenters. The summed E-state index contributed by atoms with van der Waals surface area (Å²) >= 11 is 0. The van der Waals surface area contributed by atoms with Gasteiger partial charge >= 0.3 is 0 Å². The van der Waals surface area contributed by atoms with Gasteiger partial charge in [0.1, 0.15) is 11.5 Å². The number of hydrogen-bond donors (Lipinski definition) is 4. The fourth-order valence-electron chi connectivity index (χ4n) is 1.63. The minimum atomic E-state index is 0. The number of benzene rings is 2. The Labute approximate surface area is 157 Å². The van der Waals surface area contributed by atoms with Gasteiger partial charge in [-0.3, -0.25) is 9.98 Å². The van der Waals surface area contributed by atoms with Crippen molar-refractivity contribution in [2.45, 2.75) is 0 Å². The summed E-state index contributed by atoms with van der Waals surface area (Å²) in [5.74, 6) is 0.415. The predicted molar refractivity (Wildman–Crippen MR) is 95.3 cm³/mol. The Morgan fingerprint density at radius 2 is 1.04 bits per heavy atom. The zero-order valence-electron chi connectivity index (χ0n) is 13.6. The molecule has 7 heteroatoms. The average Bonchev–Trinajstić information content (AvgIpc) is 2.59. The molecule has 2 aromatic carbocycles. The van der Waals surface area contributed by atoms with Crippen LogP contribution >= 0.6 is 0 Å². The standard InChI is InChI=1S/2C9H11NO2.Co/c2*11-6-5-10-7-8-3-1-2-4-9(8)12;/h2*1-4,7,11-12H,5-6H2;. The molecule has 0 aliphatic rings. The third-order valence-corrected chi connectivity index (χ3v) is 2.79. The van der Waals surface area contributed by atoms with E-state index in [4.69, 9.17) is 10.2 Å². The molecule has 0 aliphatic heterocycles. The van der Waals surface area contributed by atoms with Gasteiger partial charge in [0.2, 0.25) is 0 Å². The van der Waals surface area contributed by atoms with E-state index in [0.29, 0.717) is 24.2 Å². The Kier molecular flexibility index (Phi) is 12.9. The number of aliphatic hydroxyl groups is 2. The molecule has 137 valence electrons. The van der Waals surface area contributed by atoms with E-state index in [9.17, 15) is 10.2 Å². The number of rotatable bonds is 6. The largest absolute Gasteiger partial charge is 0.507 e. The van der Waals surface area contributed by atoms with Gasteiger partial charge in [0.15, 0.2) is 0 Å². The molecule has 0 amide bonds. The van der Waals surface area contributed by atoms with Crippen LogP contribution in [0.25, 0.3) is 0 Å². The van der Waals surface area contributed by atoms with Gasteiger partial charge in [-0.05, 0) is 24.3 Å². The Bertz CT molecular complexity index is 606. The van der Waals surface area contributed by atoms with Crippen molar-refractivity contribution in [3.8, 4) is 11.5 Å². The van der Waals surface area contributed by atoms with Crippen LogP contribution in [0.15, 0.2) is 58.5 Å². The van der Waals surface area contributed by atoms with Gasteiger partial charge in [-0.1, -0.05) is 24.3 Å². The van der Waals surface area contributed by atoms with E-state index < -0.39 is 0 Å². The van der Waals surface area contributed by atoms with E-state index in [2.05, 4.69) is 9.98 Å². The fraction of sp³-hybridized carbons (Fsp3) is 0.222. The molecule has 25 heavy (non-hydrogen) atoms. The maximum absolute atomic E-state index is 9.26. The van der Waals surface area contributed by atoms with Crippen molar-refractivity contribution >= 4 is 12.4 Å². The molecule has 0 saturated carbocycles. The molecule has 0 bridgehead atoms. The first-order chi connectivity index (χ1) is 11.7. The van der Waals surface area contributed by atoms with Crippen LogP contribution in [0.1, 0.15) is 11.1 Å². The van der Waals surface area contributed by atoms with Crippen LogP contribution in [-0.2, 0) is 16.8 Å². The van der Waals surface area contributed by atoms with Crippen molar-refractivity contribution < 1.29 is 37.2 Å². The van der Waals surface area contributed by atoms with Crippen molar-refractivity contribution in [2.24, 2.45) is 9.98 Å². The van der Waals surface area contributed by atoms with Crippen LogP contribution in [0.2, 0.25) is 0 Å². The van der Waals surface area contributed by atoms with Crippen molar-refractivity contribution in [3.63, 3.8) is 0 Å². The molecular weight excluding hydrogens is 367 g/mol. The molecular formula is C18H22CoN2O4. The molecule has 2 rings (SSSR count). The first kappa shape index (κ1) is 22.8. The van der Waals surface area contributed by atoms with E-state index in [1.807, 2.05) is 12.1 Å². The van der Waals surface area contributed by atoms with Gasteiger partial charge < -0.3 is 20.4 Å². The summed E-state index contributed by atoms with van der Waals surface area (Å²) in [6.45, 7) is 0.802. The zero-order chi connectivity index (χ0) is 17.6. The molecule has 1 radical (unpaired) electrons. The third kappa shape index (κ3) is 9.63. The second kappa shape index (κ2) is 14.2. The molecule has 2 aromatic rings. The fourth-order valence-corrected chi connectivity index (χ4v) is 1.63. The summed E-state index contributed by atoms with van der Waals surface area (Å²) in [5.41, 5.74) is 1.34. The maximum Gasteiger partial charge on any atom is 0.124 e. The first-order valence-corrected chi connectivity index (χ1v) is 7.46. The predicted octanol–water partition coefficient (Wildman–Crippen LogP) is 1.60. The minimum absolute atomic E-state index is 0. The Hall–Kier alpha value is -2.19. The number of para-hydroxylation sites is 2. The molecule has 6 nitrogen and oxygen atoms in total. The van der Waals surface area contributed by atoms with Gasteiger partial charge in [0.25, 0.3) is 0 Å². The molecule has 0 aliphatic carbocycles. The van der Waals surface area contributed by atoms with Crippen LogP contribution in [-0.4, -0.2) is 59.2 Å². The van der Waals surface area contributed by atoms with Gasteiger partial charge in [0.05, 0.1) is 26.3 Å². The summed E-state index contributed by atoms with van der Waals surface area (Å²) in [5, 5.41) is 35.4. The number of nitrogens with zero attached hydrogens (tertiary/aromatic N) is 2. The van der Waals surface area contributed by atoms with Crippen molar-refractivity contribution in [2.75, 3.05) is 26.3 Å². The van der Waals surface area contributed by atoms with Crippen LogP contribution in [0.3, 0.4) is 0 Å². The number of phenols is 2. The van der Waals surface area contributed by atoms with E-state index in [-0.39, 0.29) is 41.5 Å². The maximum atomic E-state index is 9.26. The van der Waals surface area contributed by atoms with Crippen LogP contribution in [0.5, 0.6) is 11.5 Å². The summed E-state index contributed by atoms with van der Waals surface area (Å²) < 4.78 is 0. The van der Waals surface area contributed by atoms with Gasteiger partial charge in [-0.2, -0.15) is 0 Å². The quantitative estimate of drug-likeness (QED) is 0.563. The topological polar surface area (TPSA) is 106 Å². The Morgan fingerprint density at radius 3 is 1.36 bits per heavy atom. The summed E-state index contributed by atoms with van der Waals surface area (Å²) in [6, 6.07) is 13.9. The third-order valence-electron chi connectivity index (χ3n) is 2.79. The smallest absolute Gasteiger partial charge is 0.124 e. The van der Waals surface area contributed by atoms with Gasteiger partial charge in [-0.15, -0.1) is 0 Å². The molecule has 4 N–H and O–H groups in total. The van der Waals surface area contributed by atoms with Gasteiger partial charge in [0, 0.05) is 40.3 Å². The number of aromatic hydroxyl groups is 2. The molecule has 0 heterocycles. The van der Waals surface area contributed by atoms with E-state index in [1.165, 1.54) is 0 Å². The van der Waals surface area contributed by atoms with Crippen LogP contribution in [0.4, 0.5) is 0 Å². The number of phenolic OH excluding ortho intramolecular Hbond substituents is 2. The zero-order valence-corrected chi connectivity index (χ0v) is 14.7. The SMILES string of the molecule is OCCN=Cc1ccccc1O.OCCN=Cc1ccccc1O.[Co]. The summed E-state index contributed by atoms with van der Waals surface area (Å²) in [7, 11) is 0. The molecule has 0 unspecified atom stereocenters. The van der Waals surface area contributed by atoms with Crippen molar-refractivity contribution in [3.05, 3.63) is 59.7 Å². The Morgan fingerprint density at radius 1 is 0.680 bits per heavy atom. The van der Waals surface area contributed by atoms with Crippen molar-refractivity contribution in [1.82, 2.24) is 0 Å². The second-order valence-corrected chi connectivity index (χ2v) is 4.64. The van der Waals surface area contributed by atoms with Crippen molar-refractivity contribution in [1.29, 1.82) is 0 Å². The summed E-state index contributed by atoms with van der Waals surface area (Å²) in [4.78, 5) is 7.77. The summed E-state index contributed by atoms with van der Waals surface area (Å²) in [6.07, 6.45) is 3.09. The monoisotopic (exact) mass is 389 g/mol. The number of aliphatic hydroxyl groups excluding tert-OH is 2. The molecule has 0 fully saturated rings. The molecule has 0 saturated heterocycles. The molecule has 0 aromatic heterocycles. The van der Waals surface area contributed by atoms with E-state index in [0.717, 1.165) is 0 Å². The normalized spacial score (nSPS) is 10.3. The average molecular weight is 389 g/mol. The van der Waals surface area contributed by atoms with Gasteiger partial charge in [-0.25, -0.2) is 0 Å². The van der Waals surface area contributed by atoms with Crippen LogP contribution in [0, 0.1) is 0 Å². The molecule has 0 spiro atoms. The van der Waals surface area contributed by atoms with E-state index >= 15 is 0 Å².